The second-order valence-corrected chi connectivity index (χ2v) is 4.58. The van der Waals surface area contributed by atoms with Crippen LogP contribution >= 0.6 is 22.9 Å². The lowest BCUT2D eigenvalue weighted by Crippen LogP contribution is -2.00. The molecule has 0 spiro atoms. The first-order chi connectivity index (χ1) is 7.24. The molecule has 2 aromatic rings. The minimum atomic E-state index is -0.545. The van der Waals surface area contributed by atoms with E-state index in [0.717, 1.165) is 9.21 Å². The standard InChI is InChI=1S/C9H7ClFN3S/c10-7-2-1-6(15-7)4-12-9-3-8(11)13-5-14-9/h1-3,5H,4H2,(H,12,13,14). The van der Waals surface area contributed by atoms with Crippen LogP contribution in [0.3, 0.4) is 0 Å². The summed E-state index contributed by atoms with van der Waals surface area (Å²) in [5.74, 6) is -0.0799. The van der Waals surface area contributed by atoms with Gasteiger partial charge in [-0.3, -0.25) is 0 Å². The number of rotatable bonds is 3. The molecule has 0 saturated heterocycles. The molecule has 2 rings (SSSR count). The van der Waals surface area contributed by atoms with Crippen LogP contribution in [-0.4, -0.2) is 9.97 Å². The first-order valence-corrected chi connectivity index (χ1v) is 5.39. The van der Waals surface area contributed by atoms with Crippen molar-refractivity contribution in [2.45, 2.75) is 6.54 Å². The van der Waals surface area contributed by atoms with Crippen molar-refractivity contribution >= 4 is 28.8 Å². The lowest BCUT2D eigenvalue weighted by atomic mass is 10.4. The molecule has 0 aromatic carbocycles. The van der Waals surface area contributed by atoms with Gasteiger partial charge in [0.1, 0.15) is 12.1 Å². The Bertz CT molecular complexity index is 460. The predicted molar refractivity (Wildman–Crippen MR) is 58.6 cm³/mol. The average molecular weight is 244 g/mol. The summed E-state index contributed by atoms with van der Waals surface area (Å²) in [5, 5.41) is 2.98. The quantitative estimate of drug-likeness (QED) is 0.843. The van der Waals surface area contributed by atoms with Gasteiger partial charge in [-0.25, -0.2) is 9.97 Å². The van der Waals surface area contributed by atoms with E-state index in [1.165, 1.54) is 23.7 Å². The minimum Gasteiger partial charge on any atom is -0.365 e. The Morgan fingerprint density at radius 3 is 2.93 bits per heavy atom. The smallest absolute Gasteiger partial charge is 0.217 e. The van der Waals surface area contributed by atoms with Gasteiger partial charge >= 0.3 is 0 Å². The molecule has 0 radical (unpaired) electrons. The molecule has 6 heteroatoms. The van der Waals surface area contributed by atoms with E-state index in [-0.39, 0.29) is 0 Å². The summed E-state index contributed by atoms with van der Waals surface area (Å²) >= 11 is 7.25. The van der Waals surface area contributed by atoms with E-state index in [1.54, 1.807) is 0 Å². The van der Waals surface area contributed by atoms with E-state index < -0.39 is 5.95 Å². The Balaban J connectivity index is 1.99. The highest BCUT2D eigenvalue weighted by molar-refractivity contribution is 7.16. The van der Waals surface area contributed by atoms with Crippen LogP contribution in [0.15, 0.2) is 24.5 Å². The maximum atomic E-state index is 12.7. The highest BCUT2D eigenvalue weighted by Crippen LogP contribution is 2.21. The number of nitrogens with one attached hydrogen (secondary N) is 1. The van der Waals surface area contributed by atoms with E-state index in [0.29, 0.717) is 12.4 Å². The number of halogens is 2. The van der Waals surface area contributed by atoms with Crippen molar-refractivity contribution < 1.29 is 4.39 Å². The third-order valence-corrected chi connectivity index (χ3v) is 2.94. The second-order valence-electron chi connectivity index (χ2n) is 2.79. The summed E-state index contributed by atoms with van der Waals surface area (Å²) in [6.45, 7) is 0.577. The SMILES string of the molecule is Fc1cc(NCc2ccc(Cl)s2)ncn1. The van der Waals surface area contributed by atoms with E-state index in [1.807, 2.05) is 12.1 Å². The fourth-order valence-electron chi connectivity index (χ4n) is 1.05. The zero-order chi connectivity index (χ0) is 10.7. The molecule has 0 aliphatic heterocycles. The fraction of sp³-hybridized carbons (Fsp3) is 0.111. The second kappa shape index (κ2) is 4.55. The van der Waals surface area contributed by atoms with Gasteiger partial charge in [0, 0.05) is 10.9 Å². The van der Waals surface area contributed by atoms with Gasteiger partial charge in [0.15, 0.2) is 0 Å². The normalized spacial score (nSPS) is 10.3. The summed E-state index contributed by atoms with van der Waals surface area (Å²) in [4.78, 5) is 8.30. The number of hydrogen-bond donors (Lipinski definition) is 1. The third kappa shape index (κ3) is 2.87. The summed E-state index contributed by atoms with van der Waals surface area (Å²) < 4.78 is 13.4. The van der Waals surface area contributed by atoms with Crippen LogP contribution in [0.5, 0.6) is 0 Å². The maximum absolute atomic E-state index is 12.7. The van der Waals surface area contributed by atoms with Crippen molar-refractivity contribution in [2.75, 3.05) is 5.32 Å². The Hall–Kier alpha value is -1.20. The number of hydrogen-bond acceptors (Lipinski definition) is 4. The van der Waals surface area contributed by atoms with Crippen LogP contribution in [-0.2, 0) is 6.54 Å². The summed E-state index contributed by atoms with van der Waals surface area (Å²) in [6, 6.07) is 4.98. The molecular formula is C9H7ClFN3S. The van der Waals surface area contributed by atoms with Crippen LogP contribution < -0.4 is 5.32 Å². The molecule has 0 aliphatic carbocycles. The molecule has 0 aliphatic rings. The Labute approximate surface area is 95.0 Å². The van der Waals surface area contributed by atoms with Gasteiger partial charge in [-0.05, 0) is 12.1 Å². The van der Waals surface area contributed by atoms with Gasteiger partial charge in [0.05, 0.1) is 10.9 Å². The number of aromatic nitrogens is 2. The Kier molecular flexibility index (Phi) is 3.13. The minimum absolute atomic E-state index is 0.465. The molecule has 3 nitrogen and oxygen atoms in total. The van der Waals surface area contributed by atoms with Crippen LogP contribution in [0.25, 0.3) is 0 Å². The molecule has 0 atom stereocenters. The monoisotopic (exact) mass is 243 g/mol. The Morgan fingerprint density at radius 2 is 2.27 bits per heavy atom. The summed E-state index contributed by atoms with van der Waals surface area (Å²) in [5.41, 5.74) is 0. The molecule has 78 valence electrons. The molecule has 2 heterocycles. The molecule has 0 fully saturated rings. The van der Waals surface area contributed by atoms with Crippen LogP contribution in [0.4, 0.5) is 10.2 Å². The molecule has 0 bridgehead atoms. The van der Waals surface area contributed by atoms with E-state index in [2.05, 4.69) is 15.3 Å². The van der Waals surface area contributed by atoms with E-state index in [4.69, 9.17) is 11.6 Å². The largest absolute Gasteiger partial charge is 0.365 e. The molecular weight excluding hydrogens is 237 g/mol. The molecule has 0 unspecified atom stereocenters. The van der Waals surface area contributed by atoms with Crippen molar-refractivity contribution in [3.8, 4) is 0 Å². The van der Waals surface area contributed by atoms with Gasteiger partial charge in [-0.1, -0.05) is 11.6 Å². The molecule has 0 amide bonds. The number of thiophene rings is 1. The van der Waals surface area contributed by atoms with Crippen LogP contribution in [0.1, 0.15) is 4.88 Å². The summed E-state index contributed by atoms with van der Waals surface area (Å²) in [7, 11) is 0. The highest BCUT2D eigenvalue weighted by atomic mass is 35.5. The molecule has 1 N–H and O–H groups in total. The summed E-state index contributed by atoms with van der Waals surface area (Å²) in [6.07, 6.45) is 1.18. The fourth-order valence-corrected chi connectivity index (χ4v) is 2.08. The zero-order valence-corrected chi connectivity index (χ0v) is 9.15. The average Bonchev–Trinajstić information content (AvgIpc) is 2.62. The lowest BCUT2D eigenvalue weighted by Gasteiger charge is -2.02. The van der Waals surface area contributed by atoms with Gasteiger partial charge < -0.3 is 5.32 Å². The maximum Gasteiger partial charge on any atom is 0.217 e. The van der Waals surface area contributed by atoms with E-state index >= 15 is 0 Å². The van der Waals surface area contributed by atoms with Gasteiger partial charge in [-0.15, -0.1) is 11.3 Å². The molecule has 15 heavy (non-hydrogen) atoms. The Morgan fingerprint density at radius 1 is 1.40 bits per heavy atom. The van der Waals surface area contributed by atoms with Crippen molar-refractivity contribution in [3.05, 3.63) is 39.7 Å². The van der Waals surface area contributed by atoms with E-state index in [9.17, 15) is 4.39 Å². The van der Waals surface area contributed by atoms with Gasteiger partial charge in [0.25, 0.3) is 0 Å². The highest BCUT2D eigenvalue weighted by Gasteiger charge is 2.00. The van der Waals surface area contributed by atoms with Crippen LogP contribution in [0.2, 0.25) is 4.34 Å². The lowest BCUT2D eigenvalue weighted by molar-refractivity contribution is 0.580. The first-order valence-electron chi connectivity index (χ1n) is 4.19. The number of anilines is 1. The van der Waals surface area contributed by atoms with Crippen molar-refractivity contribution in [1.29, 1.82) is 0 Å². The zero-order valence-electron chi connectivity index (χ0n) is 7.58. The number of nitrogens with zero attached hydrogens (tertiary/aromatic N) is 2. The molecule has 0 saturated carbocycles. The van der Waals surface area contributed by atoms with Crippen LogP contribution in [0, 0.1) is 5.95 Å². The van der Waals surface area contributed by atoms with Crippen molar-refractivity contribution in [2.24, 2.45) is 0 Å². The first kappa shape index (κ1) is 10.3. The van der Waals surface area contributed by atoms with Crippen molar-refractivity contribution in [1.82, 2.24) is 9.97 Å². The van der Waals surface area contributed by atoms with Gasteiger partial charge in [-0.2, -0.15) is 4.39 Å². The molecule has 2 aromatic heterocycles. The van der Waals surface area contributed by atoms with Crippen molar-refractivity contribution in [3.63, 3.8) is 0 Å². The predicted octanol–water partition coefficient (Wildman–Crippen LogP) is 2.94. The van der Waals surface area contributed by atoms with Gasteiger partial charge in [0.2, 0.25) is 5.95 Å². The topological polar surface area (TPSA) is 37.8 Å². The third-order valence-electron chi connectivity index (χ3n) is 1.71.